The van der Waals surface area contributed by atoms with Crippen LogP contribution in [-0.4, -0.2) is 15.7 Å². The van der Waals surface area contributed by atoms with E-state index in [2.05, 4.69) is 5.10 Å². The fraction of sp³-hybridized carbons (Fsp3) is 0.500. The van der Waals surface area contributed by atoms with E-state index in [0.29, 0.717) is 5.56 Å². The number of primary amides is 1. The van der Waals surface area contributed by atoms with Crippen molar-refractivity contribution in [1.82, 2.24) is 9.78 Å². The Labute approximate surface area is 71.4 Å². The lowest BCUT2D eigenvalue weighted by molar-refractivity contribution is 0.0999. The van der Waals surface area contributed by atoms with Gasteiger partial charge >= 0.3 is 0 Å². The summed E-state index contributed by atoms with van der Waals surface area (Å²) in [5.74, 6) is -0.397. The lowest BCUT2D eigenvalue weighted by atomic mass is 10.1. The second-order valence-electron chi connectivity index (χ2n) is 2.78. The Hall–Kier alpha value is -1.32. The van der Waals surface area contributed by atoms with E-state index in [4.69, 9.17) is 5.73 Å². The van der Waals surface area contributed by atoms with Crippen molar-refractivity contribution in [2.45, 2.75) is 19.8 Å². The molecule has 0 unspecified atom stereocenters. The van der Waals surface area contributed by atoms with Crippen LogP contribution in [0, 0.1) is 0 Å². The minimum atomic E-state index is -0.397. The van der Waals surface area contributed by atoms with Crippen molar-refractivity contribution in [2.75, 3.05) is 0 Å². The quantitative estimate of drug-likeness (QED) is 0.711. The average Bonchev–Trinajstić information content (AvgIpc) is 2.32. The van der Waals surface area contributed by atoms with Gasteiger partial charge < -0.3 is 5.73 Å². The largest absolute Gasteiger partial charge is 0.365 e. The molecular formula is C8H13N3O. The van der Waals surface area contributed by atoms with Gasteiger partial charge in [0.2, 0.25) is 0 Å². The number of hydrogen-bond acceptors (Lipinski definition) is 2. The molecule has 0 aliphatic heterocycles. The number of nitrogens with two attached hydrogens (primary N) is 1. The third-order valence-electron chi connectivity index (χ3n) is 1.66. The summed E-state index contributed by atoms with van der Waals surface area (Å²) in [6, 6.07) is 0. The first kappa shape index (κ1) is 8.77. The monoisotopic (exact) mass is 167 g/mol. The standard InChI is InChI=1S/C8H13N3O/c1-3-4-7-6(8(9)12)5-11(2)10-7/h5H,3-4H2,1-2H3,(H2,9,12). The van der Waals surface area contributed by atoms with Gasteiger partial charge in [0.05, 0.1) is 11.3 Å². The molecule has 1 rings (SSSR count). The van der Waals surface area contributed by atoms with Gasteiger partial charge in [-0.2, -0.15) is 5.10 Å². The predicted molar refractivity (Wildman–Crippen MR) is 45.7 cm³/mol. The number of aryl methyl sites for hydroxylation is 2. The zero-order valence-electron chi connectivity index (χ0n) is 7.37. The summed E-state index contributed by atoms with van der Waals surface area (Å²) in [6.07, 6.45) is 3.43. The van der Waals surface area contributed by atoms with Crippen molar-refractivity contribution in [1.29, 1.82) is 0 Å². The average molecular weight is 167 g/mol. The molecule has 0 aliphatic rings. The molecule has 0 saturated heterocycles. The Balaban J connectivity index is 2.99. The Bertz CT molecular complexity index is 290. The second kappa shape index (κ2) is 3.38. The minimum absolute atomic E-state index is 0.397. The van der Waals surface area contributed by atoms with Gasteiger partial charge in [-0.1, -0.05) is 13.3 Å². The van der Waals surface area contributed by atoms with Gasteiger partial charge in [-0.3, -0.25) is 9.48 Å². The van der Waals surface area contributed by atoms with Crippen molar-refractivity contribution in [2.24, 2.45) is 12.8 Å². The van der Waals surface area contributed by atoms with E-state index in [0.717, 1.165) is 18.5 Å². The van der Waals surface area contributed by atoms with Gasteiger partial charge in [-0.05, 0) is 6.42 Å². The number of carbonyl (C=O) groups is 1. The molecule has 0 aromatic carbocycles. The molecule has 1 aromatic heterocycles. The van der Waals surface area contributed by atoms with Crippen LogP contribution in [0.4, 0.5) is 0 Å². The van der Waals surface area contributed by atoms with Crippen LogP contribution in [0.2, 0.25) is 0 Å². The molecule has 0 fully saturated rings. The summed E-state index contributed by atoms with van der Waals surface area (Å²) in [7, 11) is 1.78. The first-order valence-electron chi connectivity index (χ1n) is 3.97. The molecule has 1 amide bonds. The number of nitrogens with zero attached hydrogens (tertiary/aromatic N) is 2. The van der Waals surface area contributed by atoms with Gasteiger partial charge in [0.15, 0.2) is 0 Å². The molecule has 1 heterocycles. The van der Waals surface area contributed by atoms with E-state index in [1.165, 1.54) is 0 Å². The normalized spacial score (nSPS) is 10.2. The fourth-order valence-corrected chi connectivity index (χ4v) is 1.16. The molecule has 12 heavy (non-hydrogen) atoms. The lowest BCUT2D eigenvalue weighted by Gasteiger charge is -1.93. The third-order valence-corrected chi connectivity index (χ3v) is 1.66. The van der Waals surface area contributed by atoms with Gasteiger partial charge in [-0.15, -0.1) is 0 Å². The zero-order chi connectivity index (χ0) is 9.14. The van der Waals surface area contributed by atoms with Crippen molar-refractivity contribution in [3.8, 4) is 0 Å². The smallest absolute Gasteiger partial charge is 0.252 e. The Morgan fingerprint density at radius 2 is 2.42 bits per heavy atom. The maximum absolute atomic E-state index is 10.9. The van der Waals surface area contributed by atoms with E-state index in [-0.39, 0.29) is 0 Å². The first-order valence-corrected chi connectivity index (χ1v) is 3.97. The van der Waals surface area contributed by atoms with Gasteiger partial charge in [0.25, 0.3) is 5.91 Å². The van der Waals surface area contributed by atoms with Gasteiger partial charge in [0.1, 0.15) is 0 Å². The Morgan fingerprint density at radius 3 is 2.92 bits per heavy atom. The molecule has 0 bridgehead atoms. The molecule has 0 saturated carbocycles. The lowest BCUT2D eigenvalue weighted by Crippen LogP contribution is -2.12. The summed E-state index contributed by atoms with van der Waals surface area (Å²) in [5, 5.41) is 4.14. The number of hydrogen-bond donors (Lipinski definition) is 1. The van der Waals surface area contributed by atoms with E-state index < -0.39 is 5.91 Å². The molecule has 2 N–H and O–H groups in total. The van der Waals surface area contributed by atoms with Crippen LogP contribution in [-0.2, 0) is 13.5 Å². The zero-order valence-corrected chi connectivity index (χ0v) is 7.37. The highest BCUT2D eigenvalue weighted by Gasteiger charge is 2.10. The highest BCUT2D eigenvalue weighted by Crippen LogP contribution is 2.07. The first-order chi connectivity index (χ1) is 5.65. The van der Waals surface area contributed by atoms with Crippen LogP contribution in [0.1, 0.15) is 29.4 Å². The predicted octanol–water partition coefficient (Wildman–Crippen LogP) is 0.472. The molecule has 0 radical (unpaired) electrons. The molecule has 4 heteroatoms. The van der Waals surface area contributed by atoms with Crippen molar-refractivity contribution < 1.29 is 4.79 Å². The van der Waals surface area contributed by atoms with E-state index in [1.807, 2.05) is 6.92 Å². The van der Waals surface area contributed by atoms with Crippen LogP contribution < -0.4 is 5.73 Å². The number of rotatable bonds is 3. The number of amides is 1. The maximum Gasteiger partial charge on any atom is 0.252 e. The Kier molecular flexibility index (Phi) is 2.47. The molecule has 4 nitrogen and oxygen atoms in total. The van der Waals surface area contributed by atoms with E-state index in [9.17, 15) is 4.79 Å². The van der Waals surface area contributed by atoms with Gasteiger partial charge in [0, 0.05) is 13.2 Å². The maximum atomic E-state index is 10.9. The molecule has 0 spiro atoms. The number of carbonyl (C=O) groups excluding carboxylic acids is 1. The van der Waals surface area contributed by atoms with Crippen LogP contribution in [0.15, 0.2) is 6.20 Å². The third kappa shape index (κ3) is 1.64. The summed E-state index contributed by atoms with van der Waals surface area (Å²) < 4.78 is 1.62. The van der Waals surface area contributed by atoms with Crippen LogP contribution in [0.5, 0.6) is 0 Å². The van der Waals surface area contributed by atoms with Crippen molar-refractivity contribution in [3.05, 3.63) is 17.5 Å². The summed E-state index contributed by atoms with van der Waals surface area (Å²) in [5.41, 5.74) is 6.51. The Morgan fingerprint density at radius 1 is 1.75 bits per heavy atom. The molecule has 1 aromatic rings. The topological polar surface area (TPSA) is 60.9 Å². The summed E-state index contributed by atoms with van der Waals surface area (Å²) >= 11 is 0. The van der Waals surface area contributed by atoms with Crippen LogP contribution in [0.25, 0.3) is 0 Å². The fourth-order valence-electron chi connectivity index (χ4n) is 1.16. The van der Waals surface area contributed by atoms with Gasteiger partial charge in [-0.25, -0.2) is 0 Å². The highest BCUT2D eigenvalue weighted by molar-refractivity contribution is 5.93. The number of aromatic nitrogens is 2. The van der Waals surface area contributed by atoms with E-state index in [1.54, 1.807) is 17.9 Å². The summed E-state index contributed by atoms with van der Waals surface area (Å²) in [4.78, 5) is 10.9. The minimum Gasteiger partial charge on any atom is -0.365 e. The summed E-state index contributed by atoms with van der Waals surface area (Å²) in [6.45, 7) is 2.04. The highest BCUT2D eigenvalue weighted by atomic mass is 16.1. The van der Waals surface area contributed by atoms with Crippen molar-refractivity contribution in [3.63, 3.8) is 0 Å². The SMILES string of the molecule is CCCc1nn(C)cc1C(N)=O. The van der Waals surface area contributed by atoms with Crippen LogP contribution in [0.3, 0.4) is 0 Å². The molecular weight excluding hydrogens is 154 g/mol. The second-order valence-corrected chi connectivity index (χ2v) is 2.78. The molecule has 66 valence electrons. The molecule has 0 atom stereocenters. The van der Waals surface area contributed by atoms with Crippen LogP contribution >= 0.6 is 0 Å². The van der Waals surface area contributed by atoms with E-state index >= 15 is 0 Å². The van der Waals surface area contributed by atoms with Crippen molar-refractivity contribution >= 4 is 5.91 Å². The molecule has 0 aliphatic carbocycles.